The van der Waals surface area contributed by atoms with E-state index in [1.54, 1.807) is 13.1 Å². The Morgan fingerprint density at radius 2 is 2.00 bits per heavy atom. The molecule has 1 aliphatic rings. The van der Waals surface area contributed by atoms with Crippen molar-refractivity contribution in [2.75, 3.05) is 18.0 Å². The number of hydrogen-bond donors (Lipinski definition) is 2. The van der Waals surface area contributed by atoms with E-state index < -0.39 is 0 Å². The van der Waals surface area contributed by atoms with Crippen molar-refractivity contribution in [2.45, 2.75) is 33.6 Å². The standard InChI is InChI=1S/C18H25N5O2/c1-4-23(5-2)15-8-6-14(7-9-15)12-19-21-17(24)11-10-16-13(3)20-22-18(16)25/h6-9,12,16H,4-5,10-11H2,1-3H3,(H,21,24)(H,22,25)/b19-12-. The van der Waals surface area contributed by atoms with E-state index in [0.717, 1.165) is 30.1 Å². The summed E-state index contributed by atoms with van der Waals surface area (Å²) in [7, 11) is 0. The number of carbonyl (C=O) groups is 2. The Labute approximate surface area is 148 Å². The molecule has 25 heavy (non-hydrogen) atoms. The van der Waals surface area contributed by atoms with Gasteiger partial charge in [-0.2, -0.15) is 10.2 Å². The minimum Gasteiger partial charge on any atom is -0.372 e. The van der Waals surface area contributed by atoms with Gasteiger partial charge in [-0.1, -0.05) is 12.1 Å². The second-order valence-electron chi connectivity index (χ2n) is 5.88. The van der Waals surface area contributed by atoms with Crippen LogP contribution in [0.25, 0.3) is 0 Å². The van der Waals surface area contributed by atoms with Gasteiger partial charge in [-0.25, -0.2) is 10.9 Å². The van der Waals surface area contributed by atoms with Crippen LogP contribution in [-0.2, 0) is 9.59 Å². The summed E-state index contributed by atoms with van der Waals surface area (Å²) in [5.41, 5.74) is 7.70. The van der Waals surface area contributed by atoms with Crippen LogP contribution in [0.1, 0.15) is 39.2 Å². The second-order valence-corrected chi connectivity index (χ2v) is 5.88. The van der Waals surface area contributed by atoms with Gasteiger partial charge < -0.3 is 4.90 Å². The maximum atomic E-state index is 11.8. The van der Waals surface area contributed by atoms with Gasteiger partial charge in [0.2, 0.25) is 11.8 Å². The highest BCUT2D eigenvalue weighted by molar-refractivity contribution is 6.07. The summed E-state index contributed by atoms with van der Waals surface area (Å²) in [6, 6.07) is 8.01. The van der Waals surface area contributed by atoms with Crippen LogP contribution in [0.3, 0.4) is 0 Å². The van der Waals surface area contributed by atoms with Crippen LogP contribution < -0.4 is 15.8 Å². The summed E-state index contributed by atoms with van der Waals surface area (Å²) in [6.45, 7) is 7.95. The summed E-state index contributed by atoms with van der Waals surface area (Å²) in [6.07, 6.45) is 2.27. The zero-order valence-corrected chi connectivity index (χ0v) is 15.0. The molecule has 0 aliphatic carbocycles. The van der Waals surface area contributed by atoms with E-state index in [9.17, 15) is 9.59 Å². The Morgan fingerprint density at radius 1 is 1.32 bits per heavy atom. The third-order valence-electron chi connectivity index (χ3n) is 4.25. The molecule has 2 rings (SSSR count). The molecule has 134 valence electrons. The number of hydrazone groups is 2. The number of rotatable bonds is 8. The molecular weight excluding hydrogens is 318 g/mol. The van der Waals surface area contributed by atoms with Crippen molar-refractivity contribution in [3.05, 3.63) is 29.8 Å². The molecule has 1 aromatic rings. The fourth-order valence-electron chi connectivity index (χ4n) is 2.70. The third-order valence-corrected chi connectivity index (χ3v) is 4.25. The van der Waals surface area contributed by atoms with Crippen LogP contribution in [0, 0.1) is 5.92 Å². The molecule has 0 bridgehead atoms. The molecular formula is C18H25N5O2. The highest BCUT2D eigenvalue weighted by Crippen LogP contribution is 2.14. The average molecular weight is 343 g/mol. The predicted octanol–water partition coefficient (Wildman–Crippen LogP) is 1.88. The molecule has 1 aromatic carbocycles. The van der Waals surface area contributed by atoms with E-state index in [-0.39, 0.29) is 24.2 Å². The number of hydrogen-bond acceptors (Lipinski definition) is 5. The Morgan fingerprint density at radius 3 is 2.56 bits per heavy atom. The highest BCUT2D eigenvalue weighted by atomic mass is 16.2. The monoisotopic (exact) mass is 343 g/mol. The van der Waals surface area contributed by atoms with Crippen molar-refractivity contribution in [1.82, 2.24) is 10.9 Å². The Hall–Kier alpha value is -2.70. The molecule has 1 unspecified atom stereocenters. The lowest BCUT2D eigenvalue weighted by Crippen LogP contribution is -2.25. The second kappa shape index (κ2) is 8.96. The van der Waals surface area contributed by atoms with Crippen molar-refractivity contribution >= 4 is 29.4 Å². The zero-order chi connectivity index (χ0) is 18.2. The molecule has 7 nitrogen and oxygen atoms in total. The van der Waals surface area contributed by atoms with Gasteiger partial charge in [0.15, 0.2) is 0 Å². The van der Waals surface area contributed by atoms with Gasteiger partial charge in [-0.3, -0.25) is 9.59 Å². The van der Waals surface area contributed by atoms with Crippen LogP contribution in [0.2, 0.25) is 0 Å². The van der Waals surface area contributed by atoms with Crippen LogP contribution in [-0.4, -0.2) is 36.8 Å². The molecule has 2 amide bonds. The van der Waals surface area contributed by atoms with Crippen LogP contribution in [0.5, 0.6) is 0 Å². The topological polar surface area (TPSA) is 86.2 Å². The number of nitrogens with zero attached hydrogens (tertiary/aromatic N) is 3. The van der Waals surface area contributed by atoms with Gasteiger partial charge in [0.25, 0.3) is 0 Å². The van der Waals surface area contributed by atoms with E-state index in [1.807, 2.05) is 24.3 Å². The smallest absolute Gasteiger partial charge is 0.248 e. The van der Waals surface area contributed by atoms with Gasteiger partial charge in [-0.05, 0) is 44.9 Å². The number of anilines is 1. The lowest BCUT2D eigenvalue weighted by atomic mass is 9.99. The van der Waals surface area contributed by atoms with Crippen molar-refractivity contribution in [1.29, 1.82) is 0 Å². The molecule has 0 saturated carbocycles. The number of carbonyl (C=O) groups excluding carboxylic acids is 2. The third kappa shape index (κ3) is 5.14. The lowest BCUT2D eigenvalue weighted by Gasteiger charge is -2.20. The molecule has 0 radical (unpaired) electrons. The average Bonchev–Trinajstić information content (AvgIpc) is 2.93. The number of amides is 2. The maximum absolute atomic E-state index is 11.8. The van der Waals surface area contributed by atoms with Crippen LogP contribution in [0.15, 0.2) is 34.5 Å². The first-order valence-corrected chi connectivity index (χ1v) is 8.56. The van der Waals surface area contributed by atoms with Gasteiger partial charge in [0.1, 0.15) is 0 Å². The first-order valence-electron chi connectivity index (χ1n) is 8.56. The van der Waals surface area contributed by atoms with Crippen molar-refractivity contribution in [3.63, 3.8) is 0 Å². The fraction of sp³-hybridized carbons (Fsp3) is 0.444. The summed E-state index contributed by atoms with van der Waals surface area (Å²) < 4.78 is 0. The molecule has 0 fully saturated rings. The normalized spacial score (nSPS) is 16.7. The molecule has 0 spiro atoms. The molecule has 0 saturated heterocycles. The molecule has 1 atom stereocenters. The van der Waals surface area contributed by atoms with Crippen molar-refractivity contribution < 1.29 is 9.59 Å². The van der Waals surface area contributed by atoms with Crippen LogP contribution >= 0.6 is 0 Å². The largest absolute Gasteiger partial charge is 0.372 e. The first-order chi connectivity index (χ1) is 12.0. The summed E-state index contributed by atoms with van der Waals surface area (Å²) in [5, 5.41) is 7.83. The first kappa shape index (κ1) is 18.6. The van der Waals surface area contributed by atoms with E-state index in [0.29, 0.717) is 6.42 Å². The quantitative estimate of drug-likeness (QED) is 0.558. The van der Waals surface area contributed by atoms with E-state index in [2.05, 4.69) is 39.8 Å². The minimum atomic E-state index is -0.317. The van der Waals surface area contributed by atoms with E-state index >= 15 is 0 Å². The zero-order valence-electron chi connectivity index (χ0n) is 15.0. The van der Waals surface area contributed by atoms with Gasteiger partial charge in [0.05, 0.1) is 12.1 Å². The Kier molecular flexibility index (Phi) is 6.68. The summed E-state index contributed by atoms with van der Waals surface area (Å²) in [5.74, 6) is -0.687. The summed E-state index contributed by atoms with van der Waals surface area (Å²) in [4.78, 5) is 25.6. The fourth-order valence-corrected chi connectivity index (χ4v) is 2.70. The van der Waals surface area contributed by atoms with Gasteiger partial charge >= 0.3 is 0 Å². The van der Waals surface area contributed by atoms with Crippen molar-refractivity contribution in [2.24, 2.45) is 16.1 Å². The Balaban J connectivity index is 1.79. The number of benzene rings is 1. The Bertz CT molecular complexity index is 663. The van der Waals surface area contributed by atoms with E-state index in [4.69, 9.17) is 0 Å². The van der Waals surface area contributed by atoms with Crippen LogP contribution in [0.4, 0.5) is 5.69 Å². The molecule has 0 aromatic heterocycles. The SMILES string of the molecule is CCN(CC)c1ccc(/C=N\NC(=O)CCC2C(=O)NN=C2C)cc1. The number of nitrogens with one attached hydrogen (secondary N) is 2. The van der Waals surface area contributed by atoms with E-state index in [1.165, 1.54) is 0 Å². The van der Waals surface area contributed by atoms with Crippen molar-refractivity contribution in [3.8, 4) is 0 Å². The highest BCUT2D eigenvalue weighted by Gasteiger charge is 2.26. The summed E-state index contributed by atoms with van der Waals surface area (Å²) >= 11 is 0. The molecule has 2 N–H and O–H groups in total. The molecule has 1 heterocycles. The minimum absolute atomic E-state index is 0.151. The predicted molar refractivity (Wildman–Crippen MR) is 99.7 cm³/mol. The molecule has 1 aliphatic heterocycles. The maximum Gasteiger partial charge on any atom is 0.248 e. The lowest BCUT2D eigenvalue weighted by molar-refractivity contribution is -0.123. The van der Waals surface area contributed by atoms with Gasteiger partial charge in [0, 0.05) is 30.9 Å². The van der Waals surface area contributed by atoms with Gasteiger partial charge in [-0.15, -0.1) is 0 Å². The molecule has 7 heteroatoms.